The average Bonchev–Trinajstić information content (AvgIpc) is 3.61. The predicted octanol–water partition coefficient (Wildman–Crippen LogP) is 6.78. The standard InChI is InChI=1S/C24H14F2N4O2S3/c25-15-5-1-13(2-6-15)17-11-33-23(27-17)29-21(31)19-9-10-20(35-19)22(32)30-24-28-18(12-34-24)14-3-7-16(26)8-4-14/h1-12H,(H,27,29,31)(H,28,30,32). The summed E-state index contributed by atoms with van der Waals surface area (Å²) in [5, 5.41) is 9.77. The first-order valence-electron chi connectivity index (χ1n) is 10.1. The lowest BCUT2D eigenvalue weighted by Gasteiger charge is -2.00. The van der Waals surface area contributed by atoms with E-state index in [0.29, 0.717) is 31.4 Å². The van der Waals surface area contributed by atoms with Crippen LogP contribution in [-0.2, 0) is 0 Å². The molecule has 0 atom stereocenters. The summed E-state index contributed by atoms with van der Waals surface area (Å²) in [5.74, 6) is -1.44. The molecule has 3 heterocycles. The van der Waals surface area contributed by atoms with Crippen LogP contribution in [-0.4, -0.2) is 21.8 Å². The molecular formula is C24H14F2N4O2S3. The number of benzene rings is 2. The molecular weight excluding hydrogens is 510 g/mol. The quantitative estimate of drug-likeness (QED) is 0.257. The van der Waals surface area contributed by atoms with E-state index in [0.717, 1.165) is 22.5 Å². The Morgan fingerprint density at radius 3 is 1.43 bits per heavy atom. The van der Waals surface area contributed by atoms with Gasteiger partial charge in [-0.05, 0) is 60.7 Å². The summed E-state index contributed by atoms with van der Waals surface area (Å²) in [7, 11) is 0. The zero-order valence-corrected chi connectivity index (χ0v) is 20.1. The normalized spacial score (nSPS) is 10.8. The van der Waals surface area contributed by atoms with Crippen molar-refractivity contribution in [1.82, 2.24) is 9.97 Å². The molecule has 5 rings (SSSR count). The number of carbonyl (C=O) groups is 2. The highest BCUT2D eigenvalue weighted by molar-refractivity contribution is 7.17. The van der Waals surface area contributed by atoms with Crippen LogP contribution in [0.4, 0.5) is 19.0 Å². The van der Waals surface area contributed by atoms with Crippen molar-refractivity contribution in [3.63, 3.8) is 0 Å². The third kappa shape index (κ3) is 5.32. The zero-order chi connectivity index (χ0) is 24.4. The topological polar surface area (TPSA) is 84.0 Å². The first-order chi connectivity index (χ1) is 16.9. The second-order valence-electron chi connectivity index (χ2n) is 7.16. The van der Waals surface area contributed by atoms with E-state index in [1.807, 2.05) is 0 Å². The molecule has 2 N–H and O–H groups in total. The number of thiazole rings is 2. The number of anilines is 2. The number of halogens is 2. The molecule has 0 bridgehead atoms. The lowest BCUT2D eigenvalue weighted by atomic mass is 10.2. The van der Waals surface area contributed by atoms with Gasteiger partial charge in [-0.1, -0.05) is 0 Å². The van der Waals surface area contributed by atoms with E-state index in [9.17, 15) is 18.4 Å². The van der Waals surface area contributed by atoms with Gasteiger partial charge in [0.25, 0.3) is 11.8 Å². The summed E-state index contributed by atoms with van der Waals surface area (Å²) in [4.78, 5) is 34.7. The molecule has 0 radical (unpaired) electrons. The molecule has 2 amide bonds. The Kier molecular flexibility index (Phi) is 6.45. The number of amides is 2. The van der Waals surface area contributed by atoms with Gasteiger partial charge in [0.1, 0.15) is 11.6 Å². The van der Waals surface area contributed by atoms with Gasteiger partial charge in [-0.15, -0.1) is 34.0 Å². The molecule has 3 aromatic heterocycles. The molecule has 5 aromatic rings. The Morgan fingerprint density at radius 2 is 1.03 bits per heavy atom. The fraction of sp³-hybridized carbons (Fsp3) is 0. The van der Waals surface area contributed by atoms with Crippen LogP contribution in [0.2, 0.25) is 0 Å². The highest BCUT2D eigenvalue weighted by atomic mass is 32.1. The van der Waals surface area contributed by atoms with Crippen molar-refractivity contribution in [2.24, 2.45) is 0 Å². The van der Waals surface area contributed by atoms with E-state index >= 15 is 0 Å². The largest absolute Gasteiger partial charge is 0.297 e. The number of carbonyl (C=O) groups excluding carboxylic acids is 2. The molecule has 174 valence electrons. The number of nitrogens with one attached hydrogen (secondary N) is 2. The minimum Gasteiger partial charge on any atom is -0.297 e. The summed E-state index contributed by atoms with van der Waals surface area (Å²) in [6.07, 6.45) is 0. The Morgan fingerprint density at radius 1 is 0.629 bits per heavy atom. The van der Waals surface area contributed by atoms with Crippen molar-refractivity contribution < 1.29 is 18.4 Å². The van der Waals surface area contributed by atoms with Gasteiger partial charge in [0.05, 0.1) is 21.1 Å². The number of hydrogen-bond acceptors (Lipinski definition) is 7. The molecule has 0 spiro atoms. The molecule has 6 nitrogen and oxygen atoms in total. The van der Waals surface area contributed by atoms with Crippen LogP contribution in [0.3, 0.4) is 0 Å². The van der Waals surface area contributed by atoms with Gasteiger partial charge in [-0.3, -0.25) is 20.2 Å². The van der Waals surface area contributed by atoms with Crippen molar-refractivity contribution in [3.05, 3.63) is 92.8 Å². The summed E-state index contributed by atoms with van der Waals surface area (Å²) in [6, 6.07) is 15.0. The van der Waals surface area contributed by atoms with E-state index in [-0.39, 0.29) is 23.4 Å². The maximum atomic E-state index is 13.1. The zero-order valence-electron chi connectivity index (χ0n) is 17.6. The van der Waals surface area contributed by atoms with Gasteiger partial charge in [-0.2, -0.15) is 0 Å². The minimum absolute atomic E-state index is 0.335. The molecule has 0 aliphatic rings. The number of thiophene rings is 1. The number of hydrogen-bond donors (Lipinski definition) is 2. The fourth-order valence-corrected chi connectivity index (χ4v) is 5.29. The SMILES string of the molecule is O=C(Nc1nc(-c2ccc(F)cc2)cs1)c1ccc(C(=O)Nc2nc(-c3ccc(F)cc3)cs2)s1. The molecule has 2 aromatic carbocycles. The van der Waals surface area contributed by atoms with Crippen molar-refractivity contribution >= 4 is 56.1 Å². The minimum atomic E-state index is -0.387. The Labute approximate surface area is 210 Å². The van der Waals surface area contributed by atoms with Gasteiger partial charge in [0.2, 0.25) is 0 Å². The summed E-state index contributed by atoms with van der Waals surface area (Å²) in [5.41, 5.74) is 2.73. The molecule has 0 saturated heterocycles. The first-order valence-corrected chi connectivity index (χ1v) is 12.7. The summed E-state index contributed by atoms with van der Waals surface area (Å²) >= 11 is 3.54. The lowest BCUT2D eigenvalue weighted by Crippen LogP contribution is -2.11. The van der Waals surface area contributed by atoms with Crippen LogP contribution >= 0.6 is 34.0 Å². The van der Waals surface area contributed by atoms with Crippen LogP contribution in [0.5, 0.6) is 0 Å². The maximum absolute atomic E-state index is 13.1. The second kappa shape index (κ2) is 9.82. The summed E-state index contributed by atoms with van der Waals surface area (Å²) < 4.78 is 26.2. The van der Waals surface area contributed by atoms with Gasteiger partial charge in [0.15, 0.2) is 10.3 Å². The van der Waals surface area contributed by atoms with Crippen molar-refractivity contribution in [2.75, 3.05) is 10.6 Å². The molecule has 0 aliphatic carbocycles. The van der Waals surface area contributed by atoms with Gasteiger partial charge in [0, 0.05) is 21.9 Å². The monoisotopic (exact) mass is 524 g/mol. The number of rotatable bonds is 6. The fourth-order valence-electron chi connectivity index (χ4n) is 3.07. The Balaban J connectivity index is 1.22. The molecule has 0 unspecified atom stereocenters. The maximum Gasteiger partial charge on any atom is 0.267 e. The van der Waals surface area contributed by atoms with Crippen LogP contribution in [0, 0.1) is 11.6 Å². The van der Waals surface area contributed by atoms with E-state index in [4.69, 9.17) is 0 Å². The van der Waals surface area contributed by atoms with Gasteiger partial charge < -0.3 is 0 Å². The van der Waals surface area contributed by atoms with Gasteiger partial charge in [-0.25, -0.2) is 18.7 Å². The Bertz CT molecular complexity index is 1400. The van der Waals surface area contributed by atoms with E-state index < -0.39 is 0 Å². The number of nitrogens with zero attached hydrogens (tertiary/aromatic N) is 2. The van der Waals surface area contributed by atoms with Crippen LogP contribution < -0.4 is 10.6 Å². The lowest BCUT2D eigenvalue weighted by molar-refractivity contribution is 0.102. The smallest absolute Gasteiger partial charge is 0.267 e. The first kappa shape index (κ1) is 23.0. The molecule has 0 aliphatic heterocycles. The molecule has 35 heavy (non-hydrogen) atoms. The van der Waals surface area contributed by atoms with Crippen molar-refractivity contribution in [3.8, 4) is 22.5 Å². The third-order valence-electron chi connectivity index (χ3n) is 4.78. The van der Waals surface area contributed by atoms with Crippen molar-refractivity contribution in [1.29, 1.82) is 0 Å². The highest BCUT2D eigenvalue weighted by Gasteiger charge is 2.17. The predicted molar refractivity (Wildman–Crippen MR) is 135 cm³/mol. The molecule has 0 fully saturated rings. The Hall–Kier alpha value is -3.80. The average molecular weight is 525 g/mol. The highest BCUT2D eigenvalue weighted by Crippen LogP contribution is 2.28. The number of aromatic nitrogens is 2. The van der Waals surface area contributed by atoms with E-state index in [1.54, 1.807) is 47.2 Å². The molecule has 11 heteroatoms. The van der Waals surface area contributed by atoms with Crippen LogP contribution in [0.15, 0.2) is 71.4 Å². The van der Waals surface area contributed by atoms with Crippen LogP contribution in [0.25, 0.3) is 22.5 Å². The molecule has 0 saturated carbocycles. The van der Waals surface area contributed by atoms with E-state index in [1.165, 1.54) is 46.9 Å². The van der Waals surface area contributed by atoms with E-state index in [2.05, 4.69) is 20.6 Å². The van der Waals surface area contributed by atoms with Gasteiger partial charge >= 0.3 is 0 Å². The third-order valence-corrected chi connectivity index (χ3v) is 7.38. The van der Waals surface area contributed by atoms with Crippen molar-refractivity contribution in [2.45, 2.75) is 0 Å². The van der Waals surface area contributed by atoms with Crippen LogP contribution in [0.1, 0.15) is 19.3 Å². The second-order valence-corrected chi connectivity index (χ2v) is 9.96. The summed E-state index contributed by atoms with van der Waals surface area (Å²) in [6.45, 7) is 0.